The Bertz CT molecular complexity index is 4050. The van der Waals surface area contributed by atoms with E-state index in [2.05, 4.69) is 266 Å². The van der Waals surface area contributed by atoms with Gasteiger partial charge in [0.25, 0.3) is 0 Å². The third-order valence-corrected chi connectivity index (χ3v) is 23.7. The molecule has 3 aliphatic heterocycles. The summed E-state index contributed by atoms with van der Waals surface area (Å²) in [6.45, 7) is 21.5. The largest absolute Gasteiger partial charge is 0.440 e. The zero-order valence-electron chi connectivity index (χ0n) is 45.3. The van der Waals surface area contributed by atoms with Crippen molar-refractivity contribution in [1.29, 1.82) is 0 Å². The first-order chi connectivity index (χ1) is 36.6. The highest BCUT2D eigenvalue weighted by molar-refractivity contribution is 7.22. The third kappa shape index (κ3) is 5.95. The molecule has 5 heteroatoms. The summed E-state index contributed by atoms with van der Waals surface area (Å²) in [4.78, 5) is 5.43. The summed E-state index contributed by atoms with van der Waals surface area (Å²) in [5.74, 6) is 0.913. The monoisotopic (exact) mass is 998 g/mol. The fourth-order valence-corrected chi connectivity index (χ4v) is 20.2. The van der Waals surface area contributed by atoms with Crippen molar-refractivity contribution in [2.24, 2.45) is 0 Å². The number of furan rings is 1. The molecule has 0 bridgehead atoms. The molecule has 0 spiro atoms. The summed E-state index contributed by atoms with van der Waals surface area (Å²) in [6, 6.07) is 75.1. The molecule has 0 N–H and O–H groups in total. The lowest BCUT2D eigenvalue weighted by Gasteiger charge is -2.52. The molecule has 5 aliphatic rings. The van der Waals surface area contributed by atoms with Crippen LogP contribution in [-0.2, 0) is 21.7 Å². The van der Waals surface area contributed by atoms with Crippen molar-refractivity contribution in [3.05, 3.63) is 222 Å². The number of hydrogen-bond acceptors (Lipinski definition) is 3. The molecule has 15 rings (SSSR count). The highest BCUT2D eigenvalue weighted by Crippen LogP contribution is 2.60. The first-order valence-corrected chi connectivity index (χ1v) is 29.7. The van der Waals surface area contributed by atoms with Gasteiger partial charge in [0.2, 0.25) is 5.88 Å². The molecule has 2 aliphatic carbocycles. The lowest BCUT2D eigenvalue weighted by molar-refractivity contribution is 0.332. The van der Waals surface area contributed by atoms with E-state index in [1.807, 2.05) is 0 Å². The Kier molecular flexibility index (Phi) is 9.34. The predicted molar refractivity (Wildman–Crippen MR) is 324 cm³/mol. The minimum absolute atomic E-state index is 0.00459. The number of anilines is 5. The van der Waals surface area contributed by atoms with Gasteiger partial charge in [-0.25, -0.2) is 0 Å². The molecule has 370 valence electrons. The lowest BCUT2D eigenvalue weighted by Crippen LogP contribution is -2.79. The van der Waals surface area contributed by atoms with E-state index in [1.54, 1.807) is 0 Å². The third-order valence-electron chi connectivity index (χ3n) is 18.9. The zero-order chi connectivity index (χ0) is 51.8. The van der Waals surface area contributed by atoms with Gasteiger partial charge >= 0.3 is 6.85 Å². The molecule has 0 amide bonds. The van der Waals surface area contributed by atoms with Crippen molar-refractivity contribution < 1.29 is 4.42 Å². The Morgan fingerprint density at radius 1 is 0.487 bits per heavy atom. The van der Waals surface area contributed by atoms with E-state index in [9.17, 15) is 0 Å². The summed E-state index contributed by atoms with van der Waals surface area (Å²) in [7, 11) is -2.98. The van der Waals surface area contributed by atoms with E-state index < -0.39 is 8.07 Å². The second kappa shape index (κ2) is 15.5. The van der Waals surface area contributed by atoms with Crippen LogP contribution in [0.25, 0.3) is 44.3 Å². The number of rotatable bonds is 4. The van der Waals surface area contributed by atoms with Crippen LogP contribution in [0.15, 0.2) is 199 Å². The lowest BCUT2D eigenvalue weighted by atomic mass is 9.43. The smallest absolute Gasteiger partial charge is 0.337 e. The van der Waals surface area contributed by atoms with Gasteiger partial charge in [0.15, 0.2) is 8.07 Å². The molecule has 0 atom stereocenters. The maximum atomic E-state index is 7.94. The molecular formula is C71H63BN2OSi. The molecule has 3 nitrogen and oxygen atoms in total. The SMILES string of the molecule is CC(C)(C)c1ccc(N2c3oc4cc5c(cc4c3B3c4c(cc6c(c42)C(C)(C)c2ccccc2-6)-c2cccc4c2N3c2ccccc2[Si]4(c2ccccc2)c2ccccc2)C(C)(C)CCC5(C)C)c(-c2ccccc2)c1. The number of hydrogen-bond donors (Lipinski definition) is 0. The Hall–Kier alpha value is -7.60. The molecule has 9 aromatic carbocycles. The topological polar surface area (TPSA) is 19.6 Å². The van der Waals surface area contributed by atoms with Crippen LogP contribution < -0.4 is 41.4 Å². The van der Waals surface area contributed by atoms with E-state index in [0.29, 0.717) is 0 Å². The van der Waals surface area contributed by atoms with E-state index in [0.717, 1.165) is 30.0 Å². The van der Waals surface area contributed by atoms with Gasteiger partial charge in [-0.05, 0) is 142 Å². The van der Waals surface area contributed by atoms with Gasteiger partial charge in [0.05, 0.1) is 11.4 Å². The van der Waals surface area contributed by atoms with Gasteiger partial charge in [0, 0.05) is 38.8 Å². The second-order valence-corrected chi connectivity index (χ2v) is 29.2. The molecule has 0 fully saturated rings. The van der Waals surface area contributed by atoms with Gasteiger partial charge in [-0.1, -0.05) is 220 Å². The van der Waals surface area contributed by atoms with E-state index in [-0.39, 0.29) is 28.5 Å². The van der Waals surface area contributed by atoms with Crippen molar-refractivity contribution in [1.82, 2.24) is 0 Å². The summed E-state index contributed by atoms with van der Waals surface area (Å²) in [5, 5.41) is 6.84. The Morgan fingerprint density at radius 2 is 1.09 bits per heavy atom. The van der Waals surface area contributed by atoms with E-state index in [1.165, 1.54) is 115 Å². The predicted octanol–water partition coefficient (Wildman–Crippen LogP) is 14.5. The summed E-state index contributed by atoms with van der Waals surface area (Å²) >= 11 is 0. The maximum Gasteiger partial charge on any atom is 0.337 e. The van der Waals surface area contributed by atoms with Crippen molar-refractivity contribution in [3.63, 3.8) is 0 Å². The second-order valence-electron chi connectivity index (χ2n) is 25.4. The molecule has 4 heterocycles. The fourth-order valence-electron chi connectivity index (χ4n) is 15.1. The molecule has 1 aromatic heterocycles. The number of fused-ring (bicyclic) bond motifs is 13. The number of benzene rings is 9. The maximum absolute atomic E-state index is 7.94. The van der Waals surface area contributed by atoms with Gasteiger partial charge in [-0.3, -0.25) is 4.90 Å². The van der Waals surface area contributed by atoms with Crippen molar-refractivity contribution in [3.8, 4) is 33.4 Å². The van der Waals surface area contributed by atoms with Crippen molar-refractivity contribution in [2.75, 3.05) is 9.71 Å². The quantitative estimate of drug-likeness (QED) is 0.164. The number of nitrogens with zero attached hydrogens (tertiary/aromatic N) is 2. The first kappa shape index (κ1) is 45.8. The zero-order valence-corrected chi connectivity index (χ0v) is 46.3. The van der Waals surface area contributed by atoms with Crippen LogP contribution in [0.1, 0.15) is 103 Å². The molecule has 76 heavy (non-hydrogen) atoms. The molecule has 0 radical (unpaired) electrons. The number of para-hydroxylation sites is 2. The average Bonchev–Trinajstić information content (AvgIpc) is 4.07. The Balaban J connectivity index is 1.16. The molecule has 0 saturated heterocycles. The Morgan fingerprint density at radius 3 is 1.79 bits per heavy atom. The standard InChI is InChI=1S/C71H63BN2OSi/c1-68(2,3)45-36-37-57(50(40-45)44-24-13-10-14-25-44)73-66-62-51(48-30-19-20-32-54(48)71(62,8)9)41-52-49-31-23-35-61-65(49)74(58-33-21-22-34-60(58)76(61,46-26-15-11-16-27-46)47-28-17-12-18-29-47)72(63(52)66)64-53-42-55-56(43-59(53)75-67(64)73)70(6,7)39-38-69(55,4)5/h10-37,40-43H,38-39H2,1-9H3. The van der Waals surface area contributed by atoms with Crippen LogP contribution >= 0.6 is 0 Å². The van der Waals surface area contributed by atoms with Crippen LogP contribution in [0.3, 0.4) is 0 Å². The minimum Gasteiger partial charge on any atom is -0.440 e. The summed E-state index contributed by atoms with van der Waals surface area (Å²) in [6.07, 6.45) is 2.26. The van der Waals surface area contributed by atoms with E-state index >= 15 is 0 Å². The van der Waals surface area contributed by atoms with Crippen LogP contribution in [0.4, 0.5) is 28.6 Å². The highest BCUT2D eigenvalue weighted by atomic mass is 28.3. The minimum atomic E-state index is -2.98. The molecule has 0 saturated carbocycles. The average molecular weight is 999 g/mol. The van der Waals surface area contributed by atoms with Crippen LogP contribution in [0.2, 0.25) is 0 Å². The highest BCUT2D eigenvalue weighted by Gasteiger charge is 2.58. The van der Waals surface area contributed by atoms with Crippen molar-refractivity contribution >= 4 is 86.2 Å². The first-order valence-electron chi connectivity index (χ1n) is 27.7. The van der Waals surface area contributed by atoms with Crippen LogP contribution in [-0.4, -0.2) is 14.9 Å². The molecule has 0 unspecified atom stereocenters. The van der Waals surface area contributed by atoms with Crippen LogP contribution in [0, 0.1) is 0 Å². The molecular weight excluding hydrogens is 936 g/mol. The van der Waals surface area contributed by atoms with Crippen molar-refractivity contribution in [2.45, 2.75) is 96.8 Å². The van der Waals surface area contributed by atoms with E-state index in [4.69, 9.17) is 4.42 Å². The Labute approximate surface area is 450 Å². The van der Waals surface area contributed by atoms with Gasteiger partial charge in [0.1, 0.15) is 5.58 Å². The van der Waals surface area contributed by atoms with Gasteiger partial charge < -0.3 is 9.23 Å². The summed E-state index contributed by atoms with van der Waals surface area (Å²) < 4.78 is 7.94. The van der Waals surface area contributed by atoms with Crippen LogP contribution in [0.5, 0.6) is 0 Å². The van der Waals surface area contributed by atoms with Gasteiger partial charge in [-0.2, -0.15) is 0 Å². The fraction of sp³-hybridized carbons (Fsp3) is 0.211. The normalized spacial score (nSPS) is 17.2. The van der Waals surface area contributed by atoms with Gasteiger partial charge in [-0.15, -0.1) is 0 Å². The summed E-state index contributed by atoms with van der Waals surface area (Å²) in [5.41, 5.74) is 22.5. The molecule has 10 aromatic rings.